The zero-order chi connectivity index (χ0) is 14.4. The standard InChI is InChI=1S/C11H16N4O4/c1-7(19-2)6-13-11(16)8-4-3-5-9(15(17)18)10(8)14-12/h3-5,7,14H,6,12H2,1-2H3,(H,13,16). The van der Waals surface area contributed by atoms with Crippen molar-refractivity contribution >= 4 is 17.3 Å². The lowest BCUT2D eigenvalue weighted by molar-refractivity contribution is -0.384. The van der Waals surface area contributed by atoms with E-state index in [1.165, 1.54) is 25.3 Å². The van der Waals surface area contributed by atoms with Gasteiger partial charge >= 0.3 is 0 Å². The Hall–Kier alpha value is -2.19. The van der Waals surface area contributed by atoms with E-state index in [-0.39, 0.29) is 23.0 Å². The van der Waals surface area contributed by atoms with Crippen LogP contribution in [0.1, 0.15) is 17.3 Å². The highest BCUT2D eigenvalue weighted by Gasteiger charge is 2.20. The van der Waals surface area contributed by atoms with E-state index in [1.54, 1.807) is 6.92 Å². The first-order valence-corrected chi connectivity index (χ1v) is 5.56. The van der Waals surface area contributed by atoms with Gasteiger partial charge in [0.15, 0.2) is 0 Å². The number of nitro groups is 1. The van der Waals surface area contributed by atoms with E-state index < -0.39 is 10.8 Å². The van der Waals surface area contributed by atoms with Gasteiger partial charge < -0.3 is 15.5 Å². The number of amides is 1. The van der Waals surface area contributed by atoms with Crippen LogP contribution in [-0.2, 0) is 4.74 Å². The van der Waals surface area contributed by atoms with Crippen LogP contribution in [0.15, 0.2) is 18.2 Å². The largest absolute Gasteiger partial charge is 0.380 e. The summed E-state index contributed by atoms with van der Waals surface area (Å²) < 4.78 is 4.99. The zero-order valence-electron chi connectivity index (χ0n) is 10.7. The summed E-state index contributed by atoms with van der Waals surface area (Å²) in [6, 6.07) is 4.15. The normalized spacial score (nSPS) is 11.7. The lowest BCUT2D eigenvalue weighted by Gasteiger charge is -2.12. The second-order valence-electron chi connectivity index (χ2n) is 3.86. The molecule has 0 saturated heterocycles. The number of anilines is 1. The Balaban J connectivity index is 2.96. The van der Waals surface area contributed by atoms with E-state index >= 15 is 0 Å². The van der Waals surface area contributed by atoms with Crippen LogP contribution in [0.25, 0.3) is 0 Å². The molecule has 1 unspecified atom stereocenters. The van der Waals surface area contributed by atoms with Gasteiger partial charge in [-0.3, -0.25) is 20.8 Å². The fraction of sp³-hybridized carbons (Fsp3) is 0.364. The van der Waals surface area contributed by atoms with Crippen molar-refractivity contribution < 1.29 is 14.5 Å². The van der Waals surface area contributed by atoms with Gasteiger partial charge in [-0.15, -0.1) is 0 Å². The predicted octanol–water partition coefficient (Wildman–Crippen LogP) is 0.645. The van der Waals surface area contributed by atoms with E-state index in [1.807, 2.05) is 0 Å². The first-order valence-electron chi connectivity index (χ1n) is 5.56. The summed E-state index contributed by atoms with van der Waals surface area (Å²) in [5, 5.41) is 13.4. The zero-order valence-corrected chi connectivity index (χ0v) is 10.7. The number of nitrogens with two attached hydrogens (primary N) is 1. The Morgan fingerprint density at radius 1 is 1.58 bits per heavy atom. The van der Waals surface area contributed by atoms with Crippen LogP contribution in [0.5, 0.6) is 0 Å². The number of ether oxygens (including phenoxy) is 1. The third-order valence-corrected chi connectivity index (χ3v) is 2.58. The Kier molecular flexibility index (Phi) is 5.22. The minimum atomic E-state index is -0.607. The van der Waals surface area contributed by atoms with Gasteiger partial charge in [-0.25, -0.2) is 0 Å². The van der Waals surface area contributed by atoms with Crippen LogP contribution in [-0.4, -0.2) is 30.6 Å². The average molecular weight is 268 g/mol. The molecule has 19 heavy (non-hydrogen) atoms. The monoisotopic (exact) mass is 268 g/mol. The summed E-state index contributed by atoms with van der Waals surface area (Å²) in [6.45, 7) is 2.08. The van der Waals surface area contributed by atoms with E-state index in [9.17, 15) is 14.9 Å². The molecule has 1 rings (SSSR count). The molecular formula is C11H16N4O4. The fourth-order valence-corrected chi connectivity index (χ4v) is 1.45. The number of nitrogens with one attached hydrogen (secondary N) is 2. The van der Waals surface area contributed by atoms with E-state index in [0.29, 0.717) is 6.54 Å². The van der Waals surface area contributed by atoms with Crippen molar-refractivity contribution in [2.24, 2.45) is 5.84 Å². The molecule has 1 aromatic rings. The van der Waals surface area contributed by atoms with Gasteiger partial charge in [0, 0.05) is 19.7 Å². The maximum Gasteiger partial charge on any atom is 0.294 e. The lowest BCUT2D eigenvalue weighted by Crippen LogP contribution is -2.32. The Morgan fingerprint density at radius 3 is 2.79 bits per heavy atom. The highest BCUT2D eigenvalue weighted by molar-refractivity contribution is 6.01. The molecule has 0 bridgehead atoms. The Bertz CT molecular complexity index is 478. The molecule has 0 spiro atoms. The van der Waals surface area contributed by atoms with Crippen molar-refractivity contribution in [2.75, 3.05) is 19.1 Å². The van der Waals surface area contributed by atoms with Crippen molar-refractivity contribution in [1.82, 2.24) is 5.32 Å². The van der Waals surface area contributed by atoms with Crippen molar-refractivity contribution in [3.05, 3.63) is 33.9 Å². The molecule has 0 aliphatic heterocycles. The number of nitrogens with zero attached hydrogens (tertiary/aromatic N) is 1. The van der Waals surface area contributed by atoms with E-state index in [0.717, 1.165) is 0 Å². The maximum absolute atomic E-state index is 11.9. The van der Waals surface area contributed by atoms with E-state index in [4.69, 9.17) is 10.6 Å². The molecule has 4 N–H and O–H groups in total. The number of carbonyl (C=O) groups is 1. The molecule has 0 aromatic heterocycles. The minimum absolute atomic E-state index is 0.0185. The van der Waals surface area contributed by atoms with Crippen molar-refractivity contribution in [1.29, 1.82) is 0 Å². The quantitative estimate of drug-likeness (QED) is 0.396. The number of para-hydroxylation sites is 1. The molecule has 0 saturated carbocycles. The molecule has 1 aromatic carbocycles. The molecule has 104 valence electrons. The van der Waals surface area contributed by atoms with Crippen molar-refractivity contribution in [2.45, 2.75) is 13.0 Å². The highest BCUT2D eigenvalue weighted by atomic mass is 16.6. The van der Waals surface area contributed by atoms with E-state index in [2.05, 4.69) is 10.7 Å². The van der Waals surface area contributed by atoms with Crippen molar-refractivity contribution in [3.63, 3.8) is 0 Å². The maximum atomic E-state index is 11.9. The van der Waals surface area contributed by atoms with Gasteiger partial charge in [0.25, 0.3) is 11.6 Å². The molecule has 0 heterocycles. The number of carbonyl (C=O) groups excluding carboxylic acids is 1. The number of methoxy groups -OCH3 is 1. The number of nitro benzene ring substituents is 1. The summed E-state index contributed by atoms with van der Waals surface area (Å²) >= 11 is 0. The molecular weight excluding hydrogens is 252 g/mol. The second-order valence-corrected chi connectivity index (χ2v) is 3.86. The van der Waals surface area contributed by atoms with Gasteiger partial charge in [0.2, 0.25) is 0 Å². The first-order chi connectivity index (χ1) is 9.01. The first kappa shape index (κ1) is 14.9. The summed E-state index contributed by atoms with van der Waals surface area (Å²) in [6.07, 6.45) is -0.156. The second kappa shape index (κ2) is 6.66. The number of rotatable bonds is 6. The molecule has 0 aliphatic rings. The number of nitrogen functional groups attached to an aromatic ring is 1. The lowest BCUT2D eigenvalue weighted by atomic mass is 10.1. The molecule has 1 amide bonds. The number of benzene rings is 1. The Labute approximate surface area is 110 Å². The number of hydrazine groups is 1. The minimum Gasteiger partial charge on any atom is -0.380 e. The summed E-state index contributed by atoms with van der Waals surface area (Å²) in [4.78, 5) is 22.2. The van der Waals surface area contributed by atoms with Gasteiger partial charge in [-0.05, 0) is 13.0 Å². The van der Waals surface area contributed by atoms with Crippen LogP contribution < -0.4 is 16.6 Å². The van der Waals surface area contributed by atoms with Gasteiger partial charge in [-0.1, -0.05) is 6.07 Å². The highest BCUT2D eigenvalue weighted by Crippen LogP contribution is 2.27. The summed E-state index contributed by atoms with van der Waals surface area (Å²) in [7, 11) is 1.52. The molecule has 0 radical (unpaired) electrons. The van der Waals surface area contributed by atoms with Gasteiger partial charge in [0.1, 0.15) is 5.69 Å². The summed E-state index contributed by atoms with van der Waals surface area (Å²) in [5.41, 5.74) is 2.03. The SMILES string of the molecule is COC(C)CNC(=O)c1cccc([N+](=O)[O-])c1NN. The fourth-order valence-electron chi connectivity index (χ4n) is 1.45. The molecule has 8 heteroatoms. The Morgan fingerprint density at radius 2 is 2.26 bits per heavy atom. The van der Waals surface area contributed by atoms with Crippen LogP contribution >= 0.6 is 0 Å². The van der Waals surface area contributed by atoms with Crippen LogP contribution in [0.3, 0.4) is 0 Å². The number of hydrogen-bond donors (Lipinski definition) is 3. The van der Waals surface area contributed by atoms with Crippen LogP contribution in [0.4, 0.5) is 11.4 Å². The summed E-state index contributed by atoms with van der Waals surface area (Å²) in [5.74, 6) is 4.79. The van der Waals surface area contributed by atoms with Crippen molar-refractivity contribution in [3.8, 4) is 0 Å². The third kappa shape index (κ3) is 3.63. The molecule has 8 nitrogen and oxygen atoms in total. The topological polar surface area (TPSA) is 120 Å². The van der Waals surface area contributed by atoms with Crippen LogP contribution in [0, 0.1) is 10.1 Å². The predicted molar refractivity (Wildman–Crippen MR) is 69.7 cm³/mol. The smallest absolute Gasteiger partial charge is 0.294 e. The van der Waals surface area contributed by atoms with Crippen LogP contribution in [0.2, 0.25) is 0 Å². The molecule has 0 fully saturated rings. The molecule has 0 aliphatic carbocycles. The van der Waals surface area contributed by atoms with Gasteiger partial charge in [0.05, 0.1) is 16.6 Å². The van der Waals surface area contributed by atoms with Gasteiger partial charge in [-0.2, -0.15) is 0 Å². The third-order valence-electron chi connectivity index (χ3n) is 2.58. The average Bonchev–Trinajstić information content (AvgIpc) is 2.43. The number of hydrogen-bond acceptors (Lipinski definition) is 6. The molecule has 1 atom stereocenters.